The fourth-order valence-corrected chi connectivity index (χ4v) is 4.23. The van der Waals surface area contributed by atoms with Crippen molar-refractivity contribution in [3.05, 3.63) is 119 Å². The molecule has 0 aliphatic rings. The molecule has 5 aromatic heterocycles. The molecular formula is C36H32N6O4. The number of ether oxygens (including phenoxy) is 4. The Morgan fingerprint density at radius 1 is 0.348 bits per heavy atom. The standard InChI is InChI=1S/C36H32N6O4/c1-43-29-13-25(17-37-21-29)5-9-33-34(10-6-26-14-30(44-2)22-38-18-26)42-36(12-8-28-16-32(46-4)24-40-20-28)35(41-33)11-7-27-15-31(45-3)23-39-19-27/h5-24H,1-4H3. The summed E-state index contributed by atoms with van der Waals surface area (Å²) in [7, 11) is 6.43. The van der Waals surface area contributed by atoms with Gasteiger partial charge in [-0.3, -0.25) is 19.9 Å². The van der Waals surface area contributed by atoms with Crippen LogP contribution in [0.4, 0.5) is 0 Å². The van der Waals surface area contributed by atoms with Gasteiger partial charge in [-0.15, -0.1) is 0 Å². The molecule has 0 unspecified atom stereocenters. The molecule has 0 saturated heterocycles. The second kappa shape index (κ2) is 15.5. The number of pyridine rings is 4. The van der Waals surface area contributed by atoms with Gasteiger partial charge in [-0.2, -0.15) is 0 Å². The van der Waals surface area contributed by atoms with Gasteiger partial charge in [0.2, 0.25) is 0 Å². The Hall–Kier alpha value is -6.16. The summed E-state index contributed by atoms with van der Waals surface area (Å²) >= 11 is 0. The van der Waals surface area contributed by atoms with Gasteiger partial charge in [-0.05, 0) is 70.8 Å². The van der Waals surface area contributed by atoms with E-state index in [1.54, 1.807) is 78.0 Å². The van der Waals surface area contributed by atoms with E-state index in [1.807, 2.05) is 72.9 Å². The van der Waals surface area contributed by atoms with Crippen molar-refractivity contribution in [2.24, 2.45) is 0 Å². The molecule has 0 amide bonds. The Kier molecular flexibility index (Phi) is 10.6. The van der Waals surface area contributed by atoms with Crippen molar-refractivity contribution in [3.63, 3.8) is 0 Å². The summed E-state index contributed by atoms with van der Waals surface area (Å²) in [5.74, 6) is 2.62. The first-order valence-corrected chi connectivity index (χ1v) is 14.2. The van der Waals surface area contributed by atoms with Gasteiger partial charge in [0.05, 0.1) is 76.0 Å². The number of rotatable bonds is 12. The van der Waals surface area contributed by atoms with Gasteiger partial charge < -0.3 is 18.9 Å². The van der Waals surface area contributed by atoms with E-state index in [0.29, 0.717) is 45.8 Å². The zero-order chi connectivity index (χ0) is 32.1. The molecule has 5 rings (SSSR count). The smallest absolute Gasteiger partial charge is 0.137 e. The van der Waals surface area contributed by atoms with Crippen molar-refractivity contribution in [1.82, 2.24) is 29.9 Å². The van der Waals surface area contributed by atoms with E-state index in [9.17, 15) is 0 Å². The molecule has 5 aromatic rings. The molecule has 0 bridgehead atoms. The van der Waals surface area contributed by atoms with E-state index >= 15 is 0 Å². The molecule has 46 heavy (non-hydrogen) atoms. The lowest BCUT2D eigenvalue weighted by atomic mass is 10.1. The zero-order valence-electron chi connectivity index (χ0n) is 25.9. The van der Waals surface area contributed by atoms with Crippen LogP contribution in [0, 0.1) is 0 Å². The summed E-state index contributed by atoms with van der Waals surface area (Å²) in [5.41, 5.74) is 5.95. The highest BCUT2D eigenvalue weighted by Crippen LogP contribution is 2.22. The maximum absolute atomic E-state index is 5.35. The lowest BCUT2D eigenvalue weighted by molar-refractivity contribution is 0.412. The van der Waals surface area contributed by atoms with Crippen LogP contribution < -0.4 is 18.9 Å². The van der Waals surface area contributed by atoms with E-state index in [-0.39, 0.29) is 0 Å². The minimum atomic E-state index is 0.638. The number of nitrogens with zero attached hydrogens (tertiary/aromatic N) is 6. The van der Waals surface area contributed by atoms with E-state index < -0.39 is 0 Å². The second-order valence-corrected chi connectivity index (χ2v) is 9.73. The summed E-state index contributed by atoms with van der Waals surface area (Å²) in [6, 6.07) is 7.57. The highest BCUT2D eigenvalue weighted by Gasteiger charge is 2.09. The maximum Gasteiger partial charge on any atom is 0.137 e. The molecule has 5 heterocycles. The van der Waals surface area contributed by atoms with Crippen LogP contribution in [0.5, 0.6) is 23.0 Å². The highest BCUT2D eigenvalue weighted by atomic mass is 16.5. The summed E-state index contributed by atoms with van der Waals surface area (Å²) < 4.78 is 21.4. The van der Waals surface area contributed by atoms with Crippen LogP contribution in [0.2, 0.25) is 0 Å². The molecule has 0 N–H and O–H groups in total. The predicted octanol–water partition coefficient (Wildman–Crippen LogP) is 6.77. The zero-order valence-corrected chi connectivity index (χ0v) is 25.9. The van der Waals surface area contributed by atoms with E-state index in [1.165, 1.54) is 0 Å². The highest BCUT2D eigenvalue weighted by molar-refractivity contribution is 5.81. The van der Waals surface area contributed by atoms with Crippen LogP contribution in [-0.4, -0.2) is 58.3 Å². The van der Waals surface area contributed by atoms with E-state index in [4.69, 9.17) is 28.9 Å². The van der Waals surface area contributed by atoms with Crippen LogP contribution in [0.1, 0.15) is 45.0 Å². The molecule has 0 saturated carbocycles. The van der Waals surface area contributed by atoms with Crippen molar-refractivity contribution in [2.45, 2.75) is 0 Å². The van der Waals surface area contributed by atoms with Gasteiger partial charge in [0.15, 0.2) is 0 Å². The SMILES string of the molecule is COc1cncc(C=Cc2nc(C=Cc3cncc(OC)c3)c(C=Cc3cncc(OC)c3)nc2C=Cc2cncc(OC)c2)c1. The van der Waals surface area contributed by atoms with Crippen LogP contribution in [-0.2, 0) is 0 Å². The Labute approximate surface area is 267 Å². The molecule has 0 radical (unpaired) electrons. The first-order chi connectivity index (χ1) is 22.6. The number of methoxy groups -OCH3 is 4. The van der Waals surface area contributed by atoms with Crippen molar-refractivity contribution in [2.75, 3.05) is 28.4 Å². The predicted molar refractivity (Wildman–Crippen MR) is 181 cm³/mol. The molecule has 0 aromatic carbocycles. The molecule has 0 aliphatic carbocycles. The van der Waals surface area contributed by atoms with Crippen LogP contribution in [0.3, 0.4) is 0 Å². The summed E-state index contributed by atoms with van der Waals surface area (Å²) in [6.07, 6.45) is 28.9. The largest absolute Gasteiger partial charge is 0.495 e. The molecule has 0 aliphatic heterocycles. The van der Waals surface area contributed by atoms with Crippen molar-refractivity contribution in [1.29, 1.82) is 0 Å². The minimum Gasteiger partial charge on any atom is -0.495 e. The minimum absolute atomic E-state index is 0.638. The molecular weight excluding hydrogens is 580 g/mol. The van der Waals surface area contributed by atoms with Gasteiger partial charge in [0, 0.05) is 24.8 Å². The summed E-state index contributed by atoms with van der Waals surface area (Å²) in [6.45, 7) is 0. The Bertz CT molecular complexity index is 1650. The average Bonchev–Trinajstić information content (AvgIpc) is 3.12. The molecule has 0 fully saturated rings. The number of hydrogen-bond donors (Lipinski definition) is 0. The molecule has 10 heteroatoms. The number of hydrogen-bond acceptors (Lipinski definition) is 10. The molecule has 0 atom stereocenters. The average molecular weight is 613 g/mol. The third-order valence-electron chi connectivity index (χ3n) is 6.62. The number of aromatic nitrogens is 6. The third-order valence-corrected chi connectivity index (χ3v) is 6.62. The van der Waals surface area contributed by atoms with Crippen LogP contribution >= 0.6 is 0 Å². The van der Waals surface area contributed by atoms with E-state index in [0.717, 1.165) is 22.3 Å². The van der Waals surface area contributed by atoms with Crippen molar-refractivity contribution >= 4 is 48.6 Å². The van der Waals surface area contributed by atoms with Crippen molar-refractivity contribution < 1.29 is 18.9 Å². The quantitative estimate of drug-likeness (QED) is 0.149. The lowest BCUT2D eigenvalue weighted by Gasteiger charge is -2.08. The van der Waals surface area contributed by atoms with Gasteiger partial charge in [0.1, 0.15) is 23.0 Å². The topological polar surface area (TPSA) is 114 Å². The summed E-state index contributed by atoms with van der Waals surface area (Å²) in [4.78, 5) is 27.2. The van der Waals surface area contributed by atoms with Gasteiger partial charge in [0.25, 0.3) is 0 Å². The van der Waals surface area contributed by atoms with Gasteiger partial charge in [-0.25, -0.2) is 9.97 Å². The van der Waals surface area contributed by atoms with Gasteiger partial charge in [-0.1, -0.05) is 24.3 Å². The normalized spacial score (nSPS) is 11.6. The van der Waals surface area contributed by atoms with E-state index in [2.05, 4.69) is 19.9 Å². The first-order valence-electron chi connectivity index (χ1n) is 14.2. The fourth-order valence-electron chi connectivity index (χ4n) is 4.23. The van der Waals surface area contributed by atoms with Crippen LogP contribution in [0.25, 0.3) is 48.6 Å². The molecule has 10 nitrogen and oxygen atoms in total. The summed E-state index contributed by atoms with van der Waals surface area (Å²) in [5, 5.41) is 0. The van der Waals surface area contributed by atoms with Gasteiger partial charge >= 0.3 is 0 Å². The van der Waals surface area contributed by atoms with Crippen LogP contribution in [0.15, 0.2) is 73.8 Å². The van der Waals surface area contributed by atoms with Crippen molar-refractivity contribution in [3.8, 4) is 23.0 Å². The lowest BCUT2D eigenvalue weighted by Crippen LogP contribution is -2.00. The Balaban J connectivity index is 1.63. The Morgan fingerprint density at radius 3 is 0.804 bits per heavy atom. The maximum atomic E-state index is 5.35. The fraction of sp³-hybridized carbons (Fsp3) is 0.111. The second-order valence-electron chi connectivity index (χ2n) is 9.73. The Morgan fingerprint density at radius 2 is 0.587 bits per heavy atom. The third kappa shape index (κ3) is 8.48. The molecule has 230 valence electrons. The first kappa shape index (κ1) is 31.3. The monoisotopic (exact) mass is 612 g/mol. The molecule has 0 spiro atoms.